The molecule has 0 atom stereocenters. The molecular formula is C115H73N11. The summed E-state index contributed by atoms with van der Waals surface area (Å²) in [6.07, 6.45) is 0. The first kappa shape index (κ1) is 71.7. The highest BCUT2D eigenvalue weighted by molar-refractivity contribution is 6.29. The quantitative estimate of drug-likeness (QED) is 0.121. The lowest BCUT2D eigenvalue weighted by Gasteiger charge is -2.14. The number of fused-ring (bicyclic) bond motifs is 20. The van der Waals surface area contributed by atoms with E-state index in [1.54, 1.807) is 0 Å². The zero-order valence-electron chi connectivity index (χ0n) is 68.1. The molecule has 11 heteroatoms. The molecule has 0 radical (unpaired) electrons. The van der Waals surface area contributed by atoms with Gasteiger partial charge in [0, 0.05) is 121 Å². The van der Waals surface area contributed by atoms with E-state index in [1.165, 1.54) is 65.2 Å². The van der Waals surface area contributed by atoms with Gasteiger partial charge in [-0.3, -0.25) is 0 Å². The van der Waals surface area contributed by atoms with Crippen molar-refractivity contribution in [3.8, 4) is 102 Å². The average molecular weight is 1610 g/mol. The summed E-state index contributed by atoms with van der Waals surface area (Å²) in [6.45, 7) is 0. The van der Waals surface area contributed by atoms with Gasteiger partial charge in [-0.2, -0.15) is 0 Å². The van der Waals surface area contributed by atoms with Gasteiger partial charge in [-0.15, -0.1) is 0 Å². The molecule has 8 aromatic heterocycles. The monoisotopic (exact) mass is 1610 g/mol. The van der Waals surface area contributed by atoms with Gasteiger partial charge in [0.2, 0.25) is 0 Å². The second kappa shape index (κ2) is 29.3. The second-order valence-electron chi connectivity index (χ2n) is 32.1. The summed E-state index contributed by atoms with van der Waals surface area (Å²) in [5.74, 6) is 2.58. The Morgan fingerprint density at radius 1 is 0.151 bits per heavy atom. The van der Waals surface area contributed by atoms with E-state index in [4.69, 9.17) is 24.9 Å². The van der Waals surface area contributed by atoms with Crippen LogP contribution < -0.4 is 0 Å². The number of para-hydroxylation sites is 10. The van der Waals surface area contributed by atoms with Gasteiger partial charge in [-0.05, 0) is 115 Å². The highest BCUT2D eigenvalue weighted by atomic mass is 15.1. The largest absolute Gasteiger partial charge is 0.309 e. The number of rotatable bonds is 12. The van der Waals surface area contributed by atoms with E-state index in [9.17, 15) is 0 Å². The van der Waals surface area contributed by atoms with Crippen LogP contribution in [-0.4, -0.2) is 52.3 Å². The van der Waals surface area contributed by atoms with Crippen LogP contribution in [0.25, 0.3) is 233 Å². The Morgan fingerprint density at radius 2 is 0.437 bits per heavy atom. The Morgan fingerprint density at radius 3 is 0.849 bits per heavy atom. The molecule has 0 unspecified atom stereocenters. The van der Waals surface area contributed by atoms with Crippen molar-refractivity contribution in [2.45, 2.75) is 0 Å². The Hall–Kier alpha value is -17.2. The fourth-order valence-corrected chi connectivity index (χ4v) is 19.9. The molecule has 0 saturated heterocycles. The number of hydrogen-bond donors (Lipinski definition) is 0. The number of nitrogens with zero attached hydrogens (tertiary/aromatic N) is 11. The third-order valence-corrected chi connectivity index (χ3v) is 25.1. The highest BCUT2D eigenvalue weighted by Gasteiger charge is 2.30. The molecule has 0 bridgehead atoms. The lowest BCUT2D eigenvalue weighted by atomic mass is 10.0. The zero-order chi connectivity index (χ0) is 82.9. The summed E-state index contributed by atoms with van der Waals surface area (Å²) >= 11 is 0. The van der Waals surface area contributed by atoms with Crippen molar-refractivity contribution in [3.63, 3.8) is 0 Å². The highest BCUT2D eigenvalue weighted by Crippen LogP contribution is 2.50. The van der Waals surface area contributed by atoms with Crippen LogP contribution in [0.3, 0.4) is 0 Å². The first-order chi connectivity index (χ1) is 62.6. The Labute approximate surface area is 723 Å². The predicted octanol–water partition coefficient (Wildman–Crippen LogP) is 28.9. The van der Waals surface area contributed by atoms with Crippen LogP contribution in [0.15, 0.2) is 443 Å². The summed E-state index contributed by atoms with van der Waals surface area (Å²) in [5.41, 5.74) is 28.0. The van der Waals surface area contributed by atoms with Crippen molar-refractivity contribution in [3.05, 3.63) is 443 Å². The Kier molecular flexibility index (Phi) is 16.7. The number of aromatic nitrogens is 11. The number of hydrogen-bond acceptors (Lipinski definition) is 5. The standard InChI is InChI=1S/C58H37N5.C57H36N6/c1-5-19-38(20-6-1)47-37-48(60-58(59-47)39-21-7-2-8-22-39)44-29-17-33-51-54(44)46-30-18-34-53(56(46)62(51)41-25-11-4-12-26-41)63-50-32-16-14-28-45(50)55-52(63)36-35-43-42-27-13-15-31-49(42)61(57(43)55)40-23-9-3-10-24-40;1-5-19-37(20-6-1)55-58-56(38-21-7-2-8-22-38)60-57(59-55)45-30-18-33-48-51(45)44-29-17-34-50(53(44)62(48)40-25-11-4-12-26-40)63-47-32-16-14-28-43(47)52-49(63)36-35-42-41-27-13-15-31-46(41)61(54(42)52)39-23-9-3-10-24-39/h1-37H;1-36H. The minimum atomic E-state index is 0.624. The van der Waals surface area contributed by atoms with Crippen LogP contribution in [0.5, 0.6) is 0 Å². The topological polar surface area (TPSA) is 94.0 Å². The third-order valence-electron chi connectivity index (χ3n) is 25.1. The summed E-state index contributed by atoms with van der Waals surface area (Å²) in [6, 6.07) is 157. The summed E-state index contributed by atoms with van der Waals surface area (Å²) < 4.78 is 14.7. The molecule has 26 rings (SSSR count). The number of benzene rings is 18. The van der Waals surface area contributed by atoms with Crippen LogP contribution in [-0.2, 0) is 0 Å². The van der Waals surface area contributed by atoms with Gasteiger partial charge in [-0.25, -0.2) is 24.9 Å². The van der Waals surface area contributed by atoms with Gasteiger partial charge in [0.1, 0.15) is 0 Å². The minimum absolute atomic E-state index is 0.624. The molecule has 0 aliphatic heterocycles. The van der Waals surface area contributed by atoms with Gasteiger partial charge < -0.3 is 27.4 Å². The van der Waals surface area contributed by atoms with Crippen molar-refractivity contribution in [1.82, 2.24) is 52.3 Å². The molecule has 0 N–H and O–H groups in total. The molecule has 0 spiro atoms. The fraction of sp³-hybridized carbons (Fsp3) is 0. The summed E-state index contributed by atoms with van der Waals surface area (Å²) in [5, 5.41) is 14.3. The maximum absolute atomic E-state index is 5.34. The first-order valence-electron chi connectivity index (χ1n) is 42.7. The molecule has 0 amide bonds. The lowest BCUT2D eigenvalue weighted by Crippen LogP contribution is -2.01. The van der Waals surface area contributed by atoms with Crippen LogP contribution in [0.2, 0.25) is 0 Å². The average Bonchev–Trinajstić information content (AvgIpc) is 1.54. The van der Waals surface area contributed by atoms with Gasteiger partial charge in [0.15, 0.2) is 23.3 Å². The van der Waals surface area contributed by atoms with Gasteiger partial charge in [0.25, 0.3) is 0 Å². The van der Waals surface area contributed by atoms with Gasteiger partial charge in [0.05, 0.1) is 89.0 Å². The molecule has 8 heterocycles. The van der Waals surface area contributed by atoms with Crippen LogP contribution in [0, 0.1) is 0 Å². The van der Waals surface area contributed by atoms with Crippen molar-refractivity contribution in [2.24, 2.45) is 0 Å². The molecule has 0 fully saturated rings. The van der Waals surface area contributed by atoms with E-state index in [0.29, 0.717) is 23.3 Å². The van der Waals surface area contributed by atoms with Gasteiger partial charge in [-0.1, -0.05) is 328 Å². The molecule has 0 aliphatic carbocycles. The van der Waals surface area contributed by atoms with Crippen molar-refractivity contribution in [2.75, 3.05) is 0 Å². The first-order valence-corrected chi connectivity index (χ1v) is 42.7. The van der Waals surface area contributed by atoms with Crippen molar-refractivity contribution in [1.29, 1.82) is 0 Å². The van der Waals surface area contributed by atoms with E-state index in [-0.39, 0.29) is 0 Å². The van der Waals surface area contributed by atoms with Crippen molar-refractivity contribution >= 4 is 131 Å². The van der Waals surface area contributed by atoms with E-state index < -0.39 is 0 Å². The van der Waals surface area contributed by atoms with Crippen molar-refractivity contribution < 1.29 is 0 Å². The zero-order valence-corrected chi connectivity index (χ0v) is 68.1. The lowest BCUT2D eigenvalue weighted by molar-refractivity contribution is 1.08. The molecular weight excluding hydrogens is 1540 g/mol. The van der Waals surface area contributed by atoms with E-state index in [1.807, 2.05) is 60.7 Å². The van der Waals surface area contributed by atoms with E-state index in [2.05, 4.69) is 410 Å². The summed E-state index contributed by atoms with van der Waals surface area (Å²) in [4.78, 5) is 26.0. The molecule has 126 heavy (non-hydrogen) atoms. The second-order valence-corrected chi connectivity index (χ2v) is 32.1. The van der Waals surface area contributed by atoms with Crippen LogP contribution in [0.4, 0.5) is 0 Å². The maximum Gasteiger partial charge on any atom is 0.164 e. The van der Waals surface area contributed by atoms with E-state index in [0.717, 1.165) is 145 Å². The van der Waals surface area contributed by atoms with Crippen LogP contribution in [0.1, 0.15) is 0 Å². The SMILES string of the molecule is c1ccc(-c2cc(-c3cccc4c3c3cccc(-n5c6ccccc6c6c5ccc5c7ccccc7n(-c7ccccc7)c56)c3n4-c3ccccc3)nc(-c3ccccc3)n2)cc1.c1ccc(-c2nc(-c3ccccc3)nc(-c3cccc4c3c3cccc(-n5c6ccccc6c6c5ccc5c7ccccc7n(-c7ccccc7)c56)c3n4-c3ccccc3)n2)cc1. The molecule has 26 aromatic rings. The third kappa shape index (κ3) is 11.3. The summed E-state index contributed by atoms with van der Waals surface area (Å²) in [7, 11) is 0. The molecule has 0 aliphatic rings. The molecule has 11 nitrogen and oxygen atoms in total. The van der Waals surface area contributed by atoms with E-state index >= 15 is 0 Å². The Balaban J connectivity index is 0.000000137. The Bertz CT molecular complexity index is 8170. The maximum atomic E-state index is 5.34. The molecule has 588 valence electrons. The smallest absolute Gasteiger partial charge is 0.164 e. The van der Waals surface area contributed by atoms with Gasteiger partial charge >= 0.3 is 0 Å². The molecule has 0 saturated carbocycles. The normalized spacial score (nSPS) is 11.8. The van der Waals surface area contributed by atoms with Crippen LogP contribution >= 0.6 is 0 Å². The minimum Gasteiger partial charge on any atom is -0.309 e. The molecule has 18 aromatic carbocycles. The predicted molar refractivity (Wildman–Crippen MR) is 521 cm³/mol. The fourth-order valence-electron chi connectivity index (χ4n) is 19.9.